The van der Waals surface area contributed by atoms with Gasteiger partial charge in [0.2, 0.25) is 0 Å². The molecule has 0 spiro atoms. The summed E-state index contributed by atoms with van der Waals surface area (Å²) in [5, 5.41) is 45.1. The first kappa shape index (κ1) is 102. The second-order valence-corrected chi connectivity index (χ2v) is 58.6. The van der Waals surface area contributed by atoms with E-state index in [1.807, 2.05) is 43.3 Å². The summed E-state index contributed by atoms with van der Waals surface area (Å²) >= 11 is 0. The van der Waals surface area contributed by atoms with Gasteiger partial charge in [0, 0.05) is 61.5 Å². The minimum absolute atomic E-state index is 0.0186. The number of allylic oxidation sites excluding steroid dienone is 8. The van der Waals surface area contributed by atoms with Crippen molar-refractivity contribution in [2.75, 3.05) is 0 Å². The number of hydrogen-bond donors (Lipinski definition) is 5. The quantitative estimate of drug-likeness (QED) is 0.0645. The number of phenols is 3. The maximum atomic E-state index is 12.7. The van der Waals surface area contributed by atoms with Crippen LogP contribution < -0.4 is 4.83 Å². The molecule has 5 aromatic rings. The van der Waals surface area contributed by atoms with Crippen LogP contribution in [0.2, 0.25) is 0 Å². The van der Waals surface area contributed by atoms with E-state index in [9.17, 15) is 48.0 Å². The smallest absolute Gasteiger partial charge is 0.276 e. The van der Waals surface area contributed by atoms with E-state index in [4.69, 9.17) is 9.47 Å². The van der Waals surface area contributed by atoms with Crippen molar-refractivity contribution < 1.29 is 57.5 Å². The molecular formula is C135H174N2O12S. The number of aromatic hydroxyl groups is 3. The van der Waals surface area contributed by atoms with E-state index in [2.05, 4.69) is 138 Å². The van der Waals surface area contributed by atoms with E-state index < -0.39 is 15.6 Å². The number of ketones is 4. The SMILES string of the molecule is C[C@@]12C=CCC1C1CCC3=C(CCC(=O)C3)C1CC2.C[C@@]12C=CCC1C1CCc3cc(O)ccc3C1CC2.C[C@]12CCC3C(CCC4CC(=O)CC[C@@]43O)C1CC1CC12.C[C@]12CCC3C(CC[C@]45CC(=O)CC[C@]34O5)C1CC1OC12.C[C@]12CCC3c4ccc(O)cc4CCC3C1CCC2=O.Cc1ccc(S(=O)(=O)N/N=C2/CCC3C4CCc5cc(O)ccc5C4CC[C@]23C)cc1.Cc1ccc2c(c1)CCC1C2CC[C@]2(C)C=CCC12. The highest BCUT2D eigenvalue weighted by Gasteiger charge is 2.80. The first-order valence-corrected chi connectivity index (χ1v) is 62.6. The Bertz CT molecular complexity index is 6310. The predicted molar refractivity (Wildman–Crippen MR) is 590 cm³/mol. The van der Waals surface area contributed by atoms with Crippen molar-refractivity contribution in [3.05, 3.63) is 200 Å². The van der Waals surface area contributed by atoms with Gasteiger partial charge in [-0.3, -0.25) is 19.2 Å². The molecule has 0 aromatic heterocycles. The molecular weight excluding hydrogens is 1870 g/mol. The number of phenolic OH excluding ortho intramolecular Hbond substituents is 3. The Morgan fingerprint density at radius 1 is 0.387 bits per heavy atom. The lowest BCUT2D eigenvalue weighted by atomic mass is 9.48. The molecule has 18 fully saturated rings. The lowest BCUT2D eigenvalue weighted by Gasteiger charge is -2.59. The van der Waals surface area contributed by atoms with Gasteiger partial charge in [-0.25, -0.2) is 4.83 Å². The topological polar surface area (TPSA) is 233 Å². The molecule has 802 valence electrons. The molecule has 16 saturated carbocycles. The van der Waals surface area contributed by atoms with E-state index in [1.165, 1.54) is 193 Å². The van der Waals surface area contributed by atoms with Gasteiger partial charge in [0.25, 0.3) is 10.0 Å². The van der Waals surface area contributed by atoms with Crippen molar-refractivity contribution in [2.45, 2.75) is 422 Å². The maximum absolute atomic E-state index is 12.7. The Balaban J connectivity index is 0.0000000888. The van der Waals surface area contributed by atoms with Gasteiger partial charge in [-0.05, 0) is 533 Å². The zero-order valence-corrected chi connectivity index (χ0v) is 92.7. The number of benzene rings is 5. The van der Waals surface area contributed by atoms with Crippen LogP contribution in [0.5, 0.6) is 17.2 Å². The summed E-state index contributed by atoms with van der Waals surface area (Å²) in [6, 6.07) is 31.9. The van der Waals surface area contributed by atoms with Crippen molar-refractivity contribution in [2.24, 2.45) is 161 Å². The fraction of sp³-hybridized carbons (Fsp3) is 0.681. The third-order valence-electron chi connectivity index (χ3n) is 50.4. The van der Waals surface area contributed by atoms with Gasteiger partial charge in [0.1, 0.15) is 51.6 Å². The van der Waals surface area contributed by atoms with Crippen LogP contribution in [0.1, 0.15) is 404 Å². The lowest BCUT2D eigenvalue weighted by molar-refractivity contribution is -0.179. The molecule has 0 radical (unpaired) electrons. The minimum Gasteiger partial charge on any atom is -0.508 e. The molecule has 150 heavy (non-hydrogen) atoms. The van der Waals surface area contributed by atoms with Crippen LogP contribution in [0.4, 0.5) is 0 Å². The zero-order chi connectivity index (χ0) is 103. The summed E-state index contributed by atoms with van der Waals surface area (Å²) in [4.78, 5) is 50.4. The number of sulfonamides is 1. The van der Waals surface area contributed by atoms with Crippen LogP contribution in [-0.4, -0.2) is 86.7 Å². The monoisotopic (exact) mass is 2050 g/mol. The van der Waals surface area contributed by atoms with E-state index in [0.29, 0.717) is 140 Å². The van der Waals surface area contributed by atoms with Crippen LogP contribution in [0.3, 0.4) is 0 Å². The molecule has 27 aliphatic rings. The van der Waals surface area contributed by atoms with E-state index in [1.54, 1.807) is 46.5 Å². The summed E-state index contributed by atoms with van der Waals surface area (Å²) < 4.78 is 37.7. The minimum atomic E-state index is -3.66. The maximum Gasteiger partial charge on any atom is 0.276 e. The van der Waals surface area contributed by atoms with Gasteiger partial charge >= 0.3 is 0 Å². The fourth-order valence-corrected chi connectivity index (χ4v) is 43.3. The second-order valence-electron chi connectivity index (χ2n) is 57.0. The number of aryl methyl sites for hydroxylation is 6. The molecule has 0 bridgehead atoms. The molecule has 2 saturated heterocycles. The largest absolute Gasteiger partial charge is 0.508 e. The Morgan fingerprint density at radius 3 is 1.49 bits per heavy atom. The van der Waals surface area contributed by atoms with Gasteiger partial charge in [0.05, 0.1) is 22.7 Å². The van der Waals surface area contributed by atoms with E-state index in [-0.39, 0.29) is 32.8 Å². The number of fused-ring (bicyclic) bond motifs is 36. The summed E-state index contributed by atoms with van der Waals surface area (Å²) in [6.07, 6.45) is 69.8. The van der Waals surface area contributed by atoms with Crippen LogP contribution in [0, 0.1) is 170 Å². The van der Waals surface area contributed by atoms with Crippen molar-refractivity contribution in [3.8, 4) is 17.2 Å². The third kappa shape index (κ3) is 16.9. The Morgan fingerprint density at radius 2 is 0.880 bits per heavy atom. The van der Waals surface area contributed by atoms with Crippen molar-refractivity contribution in [3.63, 3.8) is 0 Å². The standard InChI is InChI=1S/C25H30N2O3S.C19H28O2.C19H24.C18H24O3.C18H22O2.C18H24O.C18H22O/c1-16-3-7-19(8-4-16)31(29,30)27-26-24-12-11-23-22-9-5-17-15-18(28)6-10-20(17)21(22)13-14-25(23,24)2;1-18-6-5-15-14(17(18)9-11-8-16(11)18)3-2-12-10-13(20)4-7-19(12,15)21;1-13-5-7-15-14(12-13)6-8-17-16(15)9-11-19(2)10-3-4-18(17)19;1-16-5-4-12-11(13(16)8-14-15(16)20-14)3-6-17-9-10(19)2-7-18(12,17)21-17;1-18-9-8-14-13-5-3-12(19)10-11(13)2-4-15(14)16(18)6-7-17(18)20;2*1-18-9-2-3-17(18)16-6-4-12-11-13(19)5-7-14(12)15(16)8-10-18/h3-4,6-8,10,15,21-23,27-28H,5,9,11-14H2,1-2H3;11-12,14-17,21H,2-10H2,1H3;3,5,7,10,12,16-18H,4,6,8-9,11H2,1-2H3;11-15H,2-9H2,1H3;3,5,10,14-16,19H,2,4,6-9H2,1H3;2,9,15-17H,3-8,10-11H2,1H3;2,5,7,9,11,15-17,19H,3-4,6,8,10H2,1H3/b26-24-;;;;;;/t21?,22?,23?,25-;11?,12?,14?,15?,16?,17?,18-,19-;16?,17?,18?,19-;11?,12?,13?,14?,15?,16-,17-,18-;14?,15?,16?,18-;2*15?,16?,17?,18-/m0100000/s1. The highest BCUT2D eigenvalue weighted by atomic mass is 32.2. The van der Waals surface area contributed by atoms with E-state index >= 15 is 0 Å². The normalized spacial score (nSPS) is 45.3. The first-order valence-electron chi connectivity index (χ1n) is 61.1. The number of nitrogens with one attached hydrogen (secondary N) is 1. The highest BCUT2D eigenvalue weighted by Crippen LogP contribution is 2.77. The average molecular weight is 2050 g/mol. The average Bonchev–Trinajstić information content (AvgIpc) is 1.48. The van der Waals surface area contributed by atoms with Crippen LogP contribution >= 0.6 is 0 Å². The van der Waals surface area contributed by atoms with Gasteiger partial charge in [0.15, 0.2) is 0 Å². The van der Waals surface area contributed by atoms with Crippen molar-refractivity contribution >= 4 is 38.9 Å². The number of carbonyl (C=O) groups is 4. The molecule has 5 N–H and O–H groups in total. The zero-order valence-electron chi connectivity index (χ0n) is 91.9. The molecule has 2 heterocycles. The number of Topliss-reactive ketones (excluding diaryl/α,β-unsaturated/α-hetero) is 4. The van der Waals surface area contributed by atoms with Crippen LogP contribution in [0.15, 0.2) is 155 Å². The van der Waals surface area contributed by atoms with Crippen molar-refractivity contribution in [1.82, 2.24) is 4.83 Å². The van der Waals surface area contributed by atoms with Crippen LogP contribution in [0.25, 0.3) is 0 Å². The molecule has 26 unspecified atom stereocenters. The molecule has 2 aliphatic heterocycles. The van der Waals surface area contributed by atoms with Crippen molar-refractivity contribution in [1.29, 1.82) is 0 Å². The van der Waals surface area contributed by atoms with Gasteiger partial charge in [-0.1, -0.05) is 156 Å². The Labute approximate surface area is 895 Å². The number of nitrogens with zero attached hydrogens (tertiary/aromatic N) is 1. The molecule has 36 atom stereocenters. The number of rotatable bonds is 3. The number of ether oxygens (including phenoxy) is 2. The number of aliphatic hydroxyl groups is 1. The Hall–Kier alpha value is -7.56. The third-order valence-corrected chi connectivity index (χ3v) is 51.6. The van der Waals surface area contributed by atoms with E-state index in [0.717, 1.165) is 234 Å². The molecule has 14 nitrogen and oxygen atoms in total. The summed E-state index contributed by atoms with van der Waals surface area (Å²) in [5.74, 6) is 21.2. The fourth-order valence-electron chi connectivity index (χ4n) is 42.5. The summed E-state index contributed by atoms with van der Waals surface area (Å²) in [7, 11) is -3.66. The second kappa shape index (κ2) is 37.6. The first-order chi connectivity index (χ1) is 72.0. The number of hydrazone groups is 1. The molecule has 32 rings (SSSR count). The van der Waals surface area contributed by atoms with Gasteiger partial charge < -0.3 is 29.9 Å². The Kier molecular flexibility index (Phi) is 25.5. The van der Waals surface area contributed by atoms with Gasteiger partial charge in [-0.15, -0.1) is 0 Å². The number of hydrogen-bond acceptors (Lipinski definition) is 13. The molecule has 25 aliphatic carbocycles. The highest BCUT2D eigenvalue weighted by molar-refractivity contribution is 7.89. The summed E-state index contributed by atoms with van der Waals surface area (Å²) in [5.41, 5.74) is 20.5. The van der Waals surface area contributed by atoms with Gasteiger partial charge in [-0.2, -0.15) is 13.5 Å². The predicted octanol–water partition coefficient (Wildman–Crippen LogP) is 29.0. The number of carbonyl (C=O) groups excluding carboxylic acids is 4. The molecule has 5 aromatic carbocycles. The number of epoxide rings is 2. The lowest BCUT2D eigenvalue weighted by Crippen LogP contribution is -2.58. The molecule has 15 heteroatoms. The summed E-state index contributed by atoms with van der Waals surface area (Å²) in [6.45, 7) is 21.2. The van der Waals surface area contributed by atoms with Crippen LogP contribution in [-0.2, 0) is 64.4 Å². The molecule has 0 amide bonds.